The number of hydrogen-bond donors (Lipinski definition) is 3. The summed E-state index contributed by atoms with van der Waals surface area (Å²) in [6.07, 6.45) is 2.06. The number of carbonyl (C=O) groups is 2. The molecule has 3 N–H and O–H groups in total. The van der Waals surface area contributed by atoms with Crippen LogP contribution < -0.4 is 16.0 Å². The van der Waals surface area contributed by atoms with Gasteiger partial charge in [0.2, 0.25) is 5.91 Å². The second-order valence-corrected chi connectivity index (χ2v) is 7.05. The maximum absolute atomic E-state index is 14.7. The molecule has 3 rings (SSSR count). The van der Waals surface area contributed by atoms with E-state index in [0.29, 0.717) is 18.1 Å². The summed E-state index contributed by atoms with van der Waals surface area (Å²) in [5.74, 6) is -1.01. The first-order valence-electron chi connectivity index (χ1n) is 9.16. The van der Waals surface area contributed by atoms with Crippen LogP contribution in [0, 0.1) is 12.8 Å². The molecule has 1 aromatic carbocycles. The first kappa shape index (κ1) is 19.7. The minimum Gasteiger partial charge on any atom is -0.493 e. The fraction of sp³-hybridized carbons (Fsp3) is 0.333. The molecule has 2 atom stereocenters. The highest BCUT2D eigenvalue weighted by Crippen LogP contribution is 2.29. The number of hydrogen-bond acceptors (Lipinski definition) is 3. The molecule has 148 valence electrons. The third kappa shape index (κ3) is 4.42. The van der Waals surface area contributed by atoms with Gasteiger partial charge in [-0.25, -0.2) is 9.18 Å². The van der Waals surface area contributed by atoms with Crippen molar-refractivity contribution in [3.8, 4) is 0 Å². The van der Waals surface area contributed by atoms with Crippen molar-refractivity contribution in [3.63, 3.8) is 0 Å². The lowest BCUT2D eigenvalue weighted by molar-refractivity contribution is -0.120. The molecule has 28 heavy (non-hydrogen) atoms. The van der Waals surface area contributed by atoms with Gasteiger partial charge in [-0.2, -0.15) is 0 Å². The van der Waals surface area contributed by atoms with Gasteiger partial charge in [-0.15, -0.1) is 0 Å². The second-order valence-electron chi connectivity index (χ2n) is 7.05. The SMILES string of the molecule is C=C(/C(F)=C\C1=C(C)CCO1)[C@@H]1CNC(=O)[C@H]1NC(=O)Nc1ccc(C)cc1. The summed E-state index contributed by atoms with van der Waals surface area (Å²) in [5, 5.41) is 7.95. The van der Waals surface area contributed by atoms with Gasteiger partial charge in [0.1, 0.15) is 17.6 Å². The Kier molecular flexibility index (Phi) is 5.82. The molecular formula is C21H24FN3O3. The molecule has 0 aliphatic carbocycles. The summed E-state index contributed by atoms with van der Waals surface area (Å²) in [4.78, 5) is 24.5. The topological polar surface area (TPSA) is 79.5 Å². The van der Waals surface area contributed by atoms with Crippen molar-refractivity contribution >= 4 is 17.6 Å². The van der Waals surface area contributed by atoms with E-state index in [9.17, 15) is 14.0 Å². The summed E-state index contributed by atoms with van der Waals surface area (Å²) >= 11 is 0. The van der Waals surface area contributed by atoms with E-state index in [1.165, 1.54) is 6.08 Å². The Morgan fingerprint density at radius 2 is 2.04 bits per heavy atom. The fourth-order valence-corrected chi connectivity index (χ4v) is 3.17. The summed E-state index contributed by atoms with van der Waals surface area (Å²) in [6, 6.07) is 5.82. The van der Waals surface area contributed by atoms with Crippen LogP contribution in [-0.2, 0) is 9.53 Å². The Morgan fingerprint density at radius 1 is 1.32 bits per heavy atom. The number of amides is 3. The summed E-state index contributed by atoms with van der Waals surface area (Å²) in [5.41, 5.74) is 2.78. The third-order valence-electron chi connectivity index (χ3n) is 4.94. The normalized spacial score (nSPS) is 22.0. The van der Waals surface area contributed by atoms with E-state index in [0.717, 1.165) is 17.6 Å². The molecular weight excluding hydrogens is 361 g/mol. The van der Waals surface area contributed by atoms with Crippen LogP contribution in [0.3, 0.4) is 0 Å². The Labute approximate surface area is 163 Å². The van der Waals surface area contributed by atoms with Crippen molar-refractivity contribution in [1.82, 2.24) is 10.6 Å². The van der Waals surface area contributed by atoms with Gasteiger partial charge < -0.3 is 20.7 Å². The summed E-state index contributed by atoms with van der Waals surface area (Å²) in [6.45, 7) is 8.37. The number of aryl methyl sites for hydroxylation is 1. The van der Waals surface area contributed by atoms with Crippen LogP contribution in [0.15, 0.2) is 59.7 Å². The molecule has 0 spiro atoms. The van der Waals surface area contributed by atoms with E-state index < -0.39 is 23.8 Å². The maximum atomic E-state index is 14.7. The number of anilines is 1. The largest absolute Gasteiger partial charge is 0.493 e. The molecule has 0 radical (unpaired) electrons. The van der Waals surface area contributed by atoms with Gasteiger partial charge in [0.15, 0.2) is 0 Å². The van der Waals surface area contributed by atoms with E-state index >= 15 is 0 Å². The third-order valence-corrected chi connectivity index (χ3v) is 4.94. The van der Waals surface area contributed by atoms with Crippen LogP contribution in [-0.4, -0.2) is 31.1 Å². The van der Waals surface area contributed by atoms with E-state index in [-0.39, 0.29) is 18.0 Å². The molecule has 6 nitrogen and oxygen atoms in total. The fourth-order valence-electron chi connectivity index (χ4n) is 3.17. The molecule has 7 heteroatoms. The molecule has 2 aliphatic rings. The van der Waals surface area contributed by atoms with E-state index in [1.54, 1.807) is 12.1 Å². The van der Waals surface area contributed by atoms with Crippen LogP contribution in [0.25, 0.3) is 0 Å². The molecule has 3 amide bonds. The second kappa shape index (κ2) is 8.29. The summed E-state index contributed by atoms with van der Waals surface area (Å²) < 4.78 is 20.1. The maximum Gasteiger partial charge on any atom is 0.319 e. The monoisotopic (exact) mass is 385 g/mol. The minimum atomic E-state index is -0.906. The number of ether oxygens (including phenoxy) is 1. The molecule has 0 bridgehead atoms. The van der Waals surface area contributed by atoms with Crippen LogP contribution in [0.2, 0.25) is 0 Å². The highest BCUT2D eigenvalue weighted by atomic mass is 19.1. The highest BCUT2D eigenvalue weighted by Gasteiger charge is 2.38. The zero-order chi connectivity index (χ0) is 20.3. The van der Waals surface area contributed by atoms with Gasteiger partial charge >= 0.3 is 6.03 Å². The average molecular weight is 385 g/mol. The Balaban J connectivity index is 1.67. The zero-order valence-corrected chi connectivity index (χ0v) is 16.0. The van der Waals surface area contributed by atoms with Crippen molar-refractivity contribution in [2.24, 2.45) is 5.92 Å². The number of nitrogens with one attached hydrogen (secondary N) is 3. The number of carbonyl (C=O) groups excluding carboxylic acids is 2. The predicted molar refractivity (Wildman–Crippen MR) is 105 cm³/mol. The Bertz CT molecular complexity index is 858. The first-order valence-corrected chi connectivity index (χ1v) is 9.16. The number of allylic oxidation sites excluding steroid dienone is 2. The lowest BCUT2D eigenvalue weighted by atomic mass is 9.93. The van der Waals surface area contributed by atoms with Crippen molar-refractivity contribution in [3.05, 3.63) is 65.2 Å². The quantitative estimate of drug-likeness (QED) is 0.680. The zero-order valence-electron chi connectivity index (χ0n) is 16.0. The van der Waals surface area contributed by atoms with Crippen LogP contribution in [0.1, 0.15) is 18.9 Å². The number of urea groups is 1. The summed E-state index contributed by atoms with van der Waals surface area (Å²) in [7, 11) is 0. The van der Waals surface area contributed by atoms with Gasteiger partial charge in [-0.3, -0.25) is 4.79 Å². The van der Waals surface area contributed by atoms with Gasteiger partial charge in [-0.05, 0) is 37.1 Å². The van der Waals surface area contributed by atoms with Gasteiger partial charge in [0, 0.05) is 30.6 Å². The van der Waals surface area contributed by atoms with Crippen LogP contribution in [0.4, 0.5) is 14.9 Å². The molecule has 1 fully saturated rings. The molecule has 1 aromatic rings. The van der Waals surface area contributed by atoms with Gasteiger partial charge in [0.05, 0.1) is 6.61 Å². The van der Waals surface area contributed by atoms with Gasteiger partial charge in [-0.1, -0.05) is 24.3 Å². The standard InChI is InChI=1S/C21H24FN3O3/c1-12-4-6-15(7-5-12)24-21(27)25-19-16(11-23-20(19)26)14(3)17(22)10-18-13(2)8-9-28-18/h4-7,10,16,19H,3,8-9,11H2,1-2H3,(H,23,26)(H2,24,25,27)/b17-10+/t16-,19-/m0/s1. The Morgan fingerprint density at radius 3 is 2.68 bits per heavy atom. The molecule has 1 saturated heterocycles. The number of halogens is 1. The van der Waals surface area contributed by atoms with Crippen molar-refractivity contribution in [2.75, 3.05) is 18.5 Å². The average Bonchev–Trinajstić information content (AvgIpc) is 3.22. The predicted octanol–water partition coefficient (Wildman–Crippen LogP) is 3.34. The minimum absolute atomic E-state index is 0.148. The van der Waals surface area contributed by atoms with Crippen molar-refractivity contribution in [1.29, 1.82) is 0 Å². The highest BCUT2D eigenvalue weighted by molar-refractivity contribution is 5.95. The van der Waals surface area contributed by atoms with Crippen LogP contribution >= 0.6 is 0 Å². The van der Waals surface area contributed by atoms with Crippen LogP contribution in [0.5, 0.6) is 0 Å². The Hall–Kier alpha value is -3.09. The van der Waals surface area contributed by atoms with E-state index in [2.05, 4.69) is 22.5 Å². The van der Waals surface area contributed by atoms with Crippen molar-refractivity contribution in [2.45, 2.75) is 26.3 Å². The first-order chi connectivity index (χ1) is 13.3. The molecule has 2 aliphatic heterocycles. The van der Waals surface area contributed by atoms with E-state index in [1.807, 2.05) is 26.0 Å². The lowest BCUT2D eigenvalue weighted by Crippen LogP contribution is -2.45. The molecule has 0 saturated carbocycles. The number of rotatable bonds is 5. The lowest BCUT2D eigenvalue weighted by Gasteiger charge is -2.20. The smallest absolute Gasteiger partial charge is 0.319 e. The molecule has 0 unspecified atom stereocenters. The number of benzene rings is 1. The van der Waals surface area contributed by atoms with Crippen molar-refractivity contribution < 1.29 is 18.7 Å². The van der Waals surface area contributed by atoms with E-state index in [4.69, 9.17) is 4.74 Å². The molecule has 2 heterocycles. The molecule has 0 aromatic heterocycles. The van der Waals surface area contributed by atoms with Gasteiger partial charge in [0.25, 0.3) is 0 Å².